The predicted molar refractivity (Wildman–Crippen MR) is 73.5 cm³/mol. The summed E-state index contributed by atoms with van der Waals surface area (Å²) >= 11 is 18.0. The van der Waals surface area contributed by atoms with Crippen molar-refractivity contribution in [2.24, 2.45) is 0 Å². The van der Waals surface area contributed by atoms with E-state index in [-0.39, 0.29) is 0 Å². The van der Waals surface area contributed by atoms with Crippen molar-refractivity contribution in [3.8, 4) is 16.9 Å². The van der Waals surface area contributed by atoms with Crippen molar-refractivity contribution in [3.63, 3.8) is 0 Å². The second-order valence-corrected chi connectivity index (χ2v) is 4.75. The summed E-state index contributed by atoms with van der Waals surface area (Å²) in [6, 6.07) is 10.7. The highest BCUT2D eigenvalue weighted by atomic mass is 35.5. The third-order valence-electron chi connectivity index (χ3n) is 2.38. The van der Waals surface area contributed by atoms with Crippen LogP contribution in [0.25, 0.3) is 11.1 Å². The molecule has 17 heavy (non-hydrogen) atoms. The highest BCUT2D eigenvalue weighted by molar-refractivity contribution is 6.35. The average molecular weight is 288 g/mol. The van der Waals surface area contributed by atoms with Gasteiger partial charge in [-0.05, 0) is 36.4 Å². The molecule has 0 saturated heterocycles. The van der Waals surface area contributed by atoms with Gasteiger partial charge in [0, 0.05) is 26.2 Å². The lowest BCUT2D eigenvalue weighted by atomic mass is 10.0. The Labute approximate surface area is 115 Å². The molecule has 2 aromatic rings. The van der Waals surface area contributed by atoms with Crippen LogP contribution in [-0.2, 0) is 0 Å². The minimum atomic E-state index is 0.615. The van der Waals surface area contributed by atoms with Gasteiger partial charge in [0.1, 0.15) is 5.75 Å². The highest BCUT2D eigenvalue weighted by Gasteiger charge is 2.10. The SMILES string of the molecule is COc1cc(Cl)ccc1-c1cc(Cl)ccc1Cl. The van der Waals surface area contributed by atoms with Gasteiger partial charge in [0.05, 0.1) is 7.11 Å². The summed E-state index contributed by atoms with van der Waals surface area (Å²) in [7, 11) is 1.59. The van der Waals surface area contributed by atoms with Crippen molar-refractivity contribution in [3.05, 3.63) is 51.5 Å². The predicted octanol–water partition coefficient (Wildman–Crippen LogP) is 5.32. The Kier molecular flexibility index (Phi) is 3.82. The number of rotatable bonds is 2. The molecule has 0 fully saturated rings. The summed E-state index contributed by atoms with van der Waals surface area (Å²) in [5, 5.41) is 1.86. The quantitative estimate of drug-likeness (QED) is 0.726. The number of ether oxygens (including phenoxy) is 1. The van der Waals surface area contributed by atoms with Gasteiger partial charge in [0.15, 0.2) is 0 Å². The molecule has 0 spiro atoms. The summed E-state index contributed by atoms with van der Waals surface area (Å²) < 4.78 is 5.29. The van der Waals surface area contributed by atoms with Crippen LogP contribution in [0.3, 0.4) is 0 Å². The molecule has 0 N–H and O–H groups in total. The van der Waals surface area contributed by atoms with Crippen molar-refractivity contribution >= 4 is 34.8 Å². The van der Waals surface area contributed by atoms with E-state index >= 15 is 0 Å². The summed E-state index contributed by atoms with van der Waals surface area (Å²) in [5.41, 5.74) is 1.69. The molecule has 0 saturated carbocycles. The van der Waals surface area contributed by atoms with Gasteiger partial charge in [-0.2, -0.15) is 0 Å². The number of hydrogen-bond donors (Lipinski definition) is 0. The smallest absolute Gasteiger partial charge is 0.128 e. The standard InChI is InChI=1S/C13H9Cl3O/c1-17-13-7-9(15)2-4-10(13)11-6-8(14)3-5-12(11)16/h2-7H,1H3. The lowest BCUT2D eigenvalue weighted by Gasteiger charge is -2.10. The molecule has 0 bridgehead atoms. The van der Waals surface area contributed by atoms with E-state index in [9.17, 15) is 0 Å². The minimum absolute atomic E-state index is 0.615. The summed E-state index contributed by atoms with van der Waals surface area (Å²) in [5.74, 6) is 0.668. The van der Waals surface area contributed by atoms with Gasteiger partial charge in [-0.25, -0.2) is 0 Å². The van der Waals surface area contributed by atoms with Crippen molar-refractivity contribution in [1.29, 1.82) is 0 Å². The maximum Gasteiger partial charge on any atom is 0.128 e. The number of methoxy groups -OCH3 is 1. The normalized spacial score (nSPS) is 10.4. The monoisotopic (exact) mass is 286 g/mol. The van der Waals surface area contributed by atoms with Gasteiger partial charge in [0.2, 0.25) is 0 Å². The molecular formula is C13H9Cl3O. The molecule has 0 radical (unpaired) electrons. The first-order valence-corrected chi connectivity index (χ1v) is 6.04. The third kappa shape index (κ3) is 2.68. The topological polar surface area (TPSA) is 9.23 Å². The lowest BCUT2D eigenvalue weighted by Crippen LogP contribution is -1.88. The summed E-state index contributed by atoms with van der Waals surface area (Å²) in [6.07, 6.45) is 0. The highest BCUT2D eigenvalue weighted by Crippen LogP contribution is 2.37. The largest absolute Gasteiger partial charge is 0.496 e. The Morgan fingerprint density at radius 1 is 0.824 bits per heavy atom. The van der Waals surface area contributed by atoms with Crippen LogP contribution in [0, 0.1) is 0 Å². The van der Waals surface area contributed by atoms with Gasteiger partial charge in [-0.3, -0.25) is 0 Å². The van der Waals surface area contributed by atoms with Crippen LogP contribution in [0.1, 0.15) is 0 Å². The molecule has 4 heteroatoms. The molecule has 1 nitrogen and oxygen atoms in total. The second-order valence-electron chi connectivity index (χ2n) is 3.47. The molecule has 0 unspecified atom stereocenters. The van der Waals surface area contributed by atoms with Crippen LogP contribution in [0.15, 0.2) is 36.4 Å². The molecule has 0 aliphatic heterocycles. The zero-order valence-corrected chi connectivity index (χ0v) is 11.3. The van der Waals surface area contributed by atoms with Crippen molar-refractivity contribution in [2.45, 2.75) is 0 Å². The molecule has 0 aromatic heterocycles. The molecule has 0 aliphatic carbocycles. The molecule has 0 amide bonds. The summed E-state index contributed by atoms with van der Waals surface area (Å²) in [6.45, 7) is 0. The van der Waals surface area contributed by atoms with E-state index in [1.807, 2.05) is 6.07 Å². The molecule has 2 aromatic carbocycles. The fourth-order valence-corrected chi connectivity index (χ4v) is 2.15. The Bertz CT molecular complexity index is 552. The van der Waals surface area contributed by atoms with Gasteiger partial charge < -0.3 is 4.74 Å². The maximum atomic E-state index is 6.15. The van der Waals surface area contributed by atoms with Gasteiger partial charge in [-0.15, -0.1) is 0 Å². The number of halogens is 3. The first kappa shape index (κ1) is 12.6. The minimum Gasteiger partial charge on any atom is -0.496 e. The van der Waals surface area contributed by atoms with Crippen LogP contribution in [0.5, 0.6) is 5.75 Å². The van der Waals surface area contributed by atoms with Crippen molar-refractivity contribution in [2.75, 3.05) is 7.11 Å². The molecule has 88 valence electrons. The molecule has 0 atom stereocenters. The fourth-order valence-electron chi connectivity index (χ4n) is 1.59. The van der Waals surface area contributed by atoms with E-state index in [0.717, 1.165) is 11.1 Å². The van der Waals surface area contributed by atoms with Crippen molar-refractivity contribution < 1.29 is 4.74 Å². The van der Waals surface area contributed by atoms with Crippen LogP contribution >= 0.6 is 34.8 Å². The fraction of sp³-hybridized carbons (Fsp3) is 0.0769. The molecule has 2 rings (SSSR count). The Morgan fingerprint density at radius 3 is 2.18 bits per heavy atom. The lowest BCUT2D eigenvalue weighted by molar-refractivity contribution is 0.416. The molecule has 0 aliphatic rings. The Balaban J connectivity index is 2.63. The average Bonchev–Trinajstić information content (AvgIpc) is 2.32. The number of hydrogen-bond acceptors (Lipinski definition) is 1. The number of benzene rings is 2. The van der Waals surface area contributed by atoms with Crippen LogP contribution in [0.2, 0.25) is 15.1 Å². The third-order valence-corrected chi connectivity index (χ3v) is 3.18. The Morgan fingerprint density at radius 2 is 1.47 bits per heavy atom. The van der Waals surface area contributed by atoms with Crippen LogP contribution < -0.4 is 4.74 Å². The van der Waals surface area contributed by atoms with E-state index in [1.54, 1.807) is 37.4 Å². The van der Waals surface area contributed by atoms with Crippen LogP contribution in [0.4, 0.5) is 0 Å². The first-order chi connectivity index (χ1) is 8.11. The van der Waals surface area contributed by atoms with Gasteiger partial charge in [0.25, 0.3) is 0 Å². The van der Waals surface area contributed by atoms with E-state index in [4.69, 9.17) is 39.5 Å². The van der Waals surface area contributed by atoms with E-state index in [0.29, 0.717) is 20.8 Å². The maximum absolute atomic E-state index is 6.15. The van der Waals surface area contributed by atoms with E-state index in [1.165, 1.54) is 0 Å². The van der Waals surface area contributed by atoms with E-state index < -0.39 is 0 Å². The zero-order valence-electron chi connectivity index (χ0n) is 9.01. The van der Waals surface area contributed by atoms with E-state index in [2.05, 4.69) is 0 Å². The summed E-state index contributed by atoms with van der Waals surface area (Å²) in [4.78, 5) is 0. The Hall–Kier alpha value is -0.890. The zero-order chi connectivity index (χ0) is 12.4. The van der Waals surface area contributed by atoms with Gasteiger partial charge in [-0.1, -0.05) is 34.8 Å². The first-order valence-electron chi connectivity index (χ1n) is 4.91. The van der Waals surface area contributed by atoms with Crippen LogP contribution in [-0.4, -0.2) is 7.11 Å². The van der Waals surface area contributed by atoms with Gasteiger partial charge >= 0.3 is 0 Å². The van der Waals surface area contributed by atoms with Crippen molar-refractivity contribution in [1.82, 2.24) is 0 Å². The molecule has 0 heterocycles. The second kappa shape index (κ2) is 5.18. The molecular weight excluding hydrogens is 279 g/mol.